The van der Waals surface area contributed by atoms with Crippen molar-refractivity contribution in [2.75, 3.05) is 11.9 Å². The van der Waals surface area contributed by atoms with Crippen molar-refractivity contribution in [3.05, 3.63) is 42.5 Å². The average Bonchev–Trinajstić information content (AvgIpc) is 2.27. The molecule has 0 bridgehead atoms. The summed E-state index contributed by atoms with van der Waals surface area (Å²) in [4.78, 5) is 22.1. The van der Waals surface area contributed by atoms with E-state index in [1.165, 1.54) is 13.0 Å². The molecule has 0 aromatic heterocycles. The molecule has 84 valence electrons. The zero-order valence-corrected chi connectivity index (χ0v) is 9.03. The monoisotopic (exact) mass is 219 g/mol. The van der Waals surface area contributed by atoms with Crippen molar-refractivity contribution >= 4 is 17.6 Å². The van der Waals surface area contributed by atoms with E-state index >= 15 is 0 Å². The van der Waals surface area contributed by atoms with Crippen LogP contribution in [0.4, 0.5) is 10.5 Å². The van der Waals surface area contributed by atoms with Crippen LogP contribution in [-0.2, 0) is 4.74 Å². The lowest BCUT2D eigenvalue weighted by Crippen LogP contribution is -2.13. The quantitative estimate of drug-likeness (QED) is 0.625. The van der Waals surface area contributed by atoms with Crippen LogP contribution in [0.5, 0.6) is 0 Å². The standard InChI is InChI=1S/C12H13NO3/c1-3-8-16-12(15)13-11-6-4-10(5-7-11)9(2)14/h3-7H,1,8H2,2H3,(H,13,15). The van der Waals surface area contributed by atoms with E-state index in [1.807, 2.05) is 0 Å². The molecule has 1 aromatic carbocycles. The van der Waals surface area contributed by atoms with E-state index in [1.54, 1.807) is 24.3 Å². The summed E-state index contributed by atoms with van der Waals surface area (Å²) in [5.41, 5.74) is 1.18. The zero-order chi connectivity index (χ0) is 12.0. The van der Waals surface area contributed by atoms with Crippen LogP contribution in [0.3, 0.4) is 0 Å². The van der Waals surface area contributed by atoms with Crippen LogP contribution in [0.1, 0.15) is 17.3 Å². The predicted octanol–water partition coefficient (Wildman–Crippen LogP) is 2.62. The molecule has 0 saturated heterocycles. The Labute approximate surface area is 93.9 Å². The molecule has 1 amide bonds. The summed E-state index contributed by atoms with van der Waals surface area (Å²) < 4.78 is 4.74. The smallest absolute Gasteiger partial charge is 0.411 e. The fourth-order valence-electron chi connectivity index (χ4n) is 1.08. The molecule has 1 rings (SSSR count). The molecule has 0 aliphatic rings. The van der Waals surface area contributed by atoms with Gasteiger partial charge in [0.05, 0.1) is 0 Å². The van der Waals surface area contributed by atoms with Crippen LogP contribution < -0.4 is 5.32 Å². The van der Waals surface area contributed by atoms with Gasteiger partial charge >= 0.3 is 6.09 Å². The number of carbonyl (C=O) groups is 2. The molecule has 0 unspecified atom stereocenters. The van der Waals surface area contributed by atoms with Gasteiger partial charge in [-0.25, -0.2) is 4.79 Å². The van der Waals surface area contributed by atoms with Gasteiger partial charge in [-0.3, -0.25) is 10.1 Å². The van der Waals surface area contributed by atoms with Crippen molar-refractivity contribution in [3.8, 4) is 0 Å². The van der Waals surface area contributed by atoms with Crippen molar-refractivity contribution in [3.63, 3.8) is 0 Å². The van der Waals surface area contributed by atoms with Crippen LogP contribution >= 0.6 is 0 Å². The number of hydrogen-bond acceptors (Lipinski definition) is 3. The fraction of sp³-hybridized carbons (Fsp3) is 0.167. The summed E-state index contributed by atoms with van der Waals surface area (Å²) in [6.07, 6.45) is 0.939. The molecule has 0 saturated carbocycles. The topological polar surface area (TPSA) is 55.4 Å². The highest BCUT2D eigenvalue weighted by atomic mass is 16.5. The van der Waals surface area contributed by atoms with Crippen molar-refractivity contribution in [1.82, 2.24) is 0 Å². The molecule has 0 heterocycles. The number of ketones is 1. The van der Waals surface area contributed by atoms with E-state index in [2.05, 4.69) is 11.9 Å². The van der Waals surface area contributed by atoms with E-state index in [4.69, 9.17) is 4.74 Å². The zero-order valence-electron chi connectivity index (χ0n) is 9.03. The van der Waals surface area contributed by atoms with Crippen LogP contribution in [-0.4, -0.2) is 18.5 Å². The van der Waals surface area contributed by atoms with Gasteiger partial charge in [-0.05, 0) is 31.2 Å². The third-order valence-corrected chi connectivity index (χ3v) is 1.87. The number of amides is 1. The van der Waals surface area contributed by atoms with Gasteiger partial charge in [-0.15, -0.1) is 0 Å². The van der Waals surface area contributed by atoms with E-state index in [0.717, 1.165) is 0 Å². The Balaban J connectivity index is 2.58. The molecular weight excluding hydrogens is 206 g/mol. The number of anilines is 1. The second kappa shape index (κ2) is 5.70. The Morgan fingerprint density at radius 2 is 2.00 bits per heavy atom. The maximum Gasteiger partial charge on any atom is 0.411 e. The number of Topliss-reactive ketones (excluding diaryl/α,β-unsaturated/α-hetero) is 1. The molecule has 0 aliphatic carbocycles. The molecule has 1 aromatic rings. The van der Waals surface area contributed by atoms with Crippen LogP contribution in [0, 0.1) is 0 Å². The van der Waals surface area contributed by atoms with Gasteiger partial charge in [0.1, 0.15) is 6.61 Å². The number of benzene rings is 1. The summed E-state index contributed by atoms with van der Waals surface area (Å²) in [7, 11) is 0. The Bertz CT molecular complexity index is 395. The minimum atomic E-state index is -0.546. The lowest BCUT2D eigenvalue weighted by atomic mass is 10.1. The van der Waals surface area contributed by atoms with Gasteiger partial charge in [0.15, 0.2) is 5.78 Å². The maximum atomic E-state index is 11.1. The first-order chi connectivity index (χ1) is 7.63. The van der Waals surface area contributed by atoms with Crippen LogP contribution in [0.15, 0.2) is 36.9 Å². The second-order valence-electron chi connectivity index (χ2n) is 3.15. The maximum absolute atomic E-state index is 11.1. The minimum absolute atomic E-state index is 0.0132. The van der Waals surface area contributed by atoms with Gasteiger partial charge < -0.3 is 4.74 Å². The molecule has 0 aliphatic heterocycles. The number of ether oxygens (including phenoxy) is 1. The van der Waals surface area contributed by atoms with E-state index in [-0.39, 0.29) is 12.4 Å². The number of rotatable bonds is 4. The molecule has 0 radical (unpaired) electrons. The van der Waals surface area contributed by atoms with Gasteiger partial charge in [-0.2, -0.15) is 0 Å². The molecule has 16 heavy (non-hydrogen) atoms. The van der Waals surface area contributed by atoms with Crippen molar-refractivity contribution in [2.24, 2.45) is 0 Å². The summed E-state index contributed by atoms with van der Waals surface area (Å²) in [5, 5.41) is 2.52. The largest absolute Gasteiger partial charge is 0.445 e. The van der Waals surface area contributed by atoms with E-state index in [9.17, 15) is 9.59 Å². The number of hydrogen-bond donors (Lipinski definition) is 1. The Morgan fingerprint density at radius 3 is 2.50 bits per heavy atom. The highest BCUT2D eigenvalue weighted by Gasteiger charge is 2.03. The molecule has 0 atom stereocenters. The molecular formula is C12H13NO3. The summed E-state index contributed by atoms with van der Waals surface area (Å²) in [6, 6.07) is 6.58. The predicted molar refractivity (Wildman–Crippen MR) is 61.6 cm³/mol. The highest BCUT2D eigenvalue weighted by molar-refractivity contribution is 5.94. The summed E-state index contributed by atoms with van der Waals surface area (Å²) in [5.74, 6) is -0.0132. The Kier molecular flexibility index (Phi) is 4.27. The van der Waals surface area contributed by atoms with Gasteiger partial charge in [0.2, 0.25) is 0 Å². The second-order valence-corrected chi connectivity index (χ2v) is 3.15. The number of nitrogens with one attached hydrogen (secondary N) is 1. The molecule has 1 N–H and O–H groups in total. The van der Waals surface area contributed by atoms with Crippen molar-refractivity contribution in [2.45, 2.75) is 6.92 Å². The van der Waals surface area contributed by atoms with Crippen LogP contribution in [0.2, 0.25) is 0 Å². The molecule has 0 fully saturated rings. The lowest BCUT2D eigenvalue weighted by molar-refractivity contribution is 0.101. The third kappa shape index (κ3) is 3.57. The highest BCUT2D eigenvalue weighted by Crippen LogP contribution is 2.10. The number of carbonyl (C=O) groups excluding carboxylic acids is 2. The Morgan fingerprint density at radius 1 is 1.38 bits per heavy atom. The first kappa shape index (κ1) is 12.0. The summed E-state index contributed by atoms with van der Waals surface area (Å²) in [6.45, 7) is 5.08. The lowest BCUT2D eigenvalue weighted by Gasteiger charge is -2.05. The minimum Gasteiger partial charge on any atom is -0.445 e. The fourth-order valence-corrected chi connectivity index (χ4v) is 1.08. The molecule has 4 heteroatoms. The Hall–Kier alpha value is -2.10. The third-order valence-electron chi connectivity index (χ3n) is 1.87. The normalized spacial score (nSPS) is 9.31. The van der Waals surface area contributed by atoms with Crippen LogP contribution in [0.25, 0.3) is 0 Å². The average molecular weight is 219 g/mol. The first-order valence-electron chi connectivity index (χ1n) is 4.79. The SMILES string of the molecule is C=CCOC(=O)Nc1ccc(C(C)=O)cc1. The molecule has 4 nitrogen and oxygen atoms in total. The van der Waals surface area contributed by atoms with Crippen molar-refractivity contribution in [1.29, 1.82) is 0 Å². The first-order valence-corrected chi connectivity index (χ1v) is 4.79. The van der Waals surface area contributed by atoms with Gasteiger partial charge in [-0.1, -0.05) is 12.7 Å². The summed E-state index contributed by atoms with van der Waals surface area (Å²) >= 11 is 0. The van der Waals surface area contributed by atoms with Gasteiger partial charge in [0, 0.05) is 11.3 Å². The van der Waals surface area contributed by atoms with Crippen molar-refractivity contribution < 1.29 is 14.3 Å². The van der Waals surface area contributed by atoms with E-state index < -0.39 is 6.09 Å². The van der Waals surface area contributed by atoms with E-state index in [0.29, 0.717) is 11.3 Å². The molecule has 0 spiro atoms. The van der Waals surface area contributed by atoms with Gasteiger partial charge in [0.25, 0.3) is 0 Å².